The van der Waals surface area contributed by atoms with Crippen LogP contribution in [0.2, 0.25) is 0 Å². The zero-order valence-corrected chi connectivity index (χ0v) is 12.5. The van der Waals surface area contributed by atoms with E-state index < -0.39 is 0 Å². The van der Waals surface area contributed by atoms with E-state index in [1.807, 2.05) is 0 Å². The zero-order valence-electron chi connectivity index (χ0n) is 12.5. The van der Waals surface area contributed by atoms with Crippen LogP contribution >= 0.6 is 0 Å². The molecule has 19 heavy (non-hydrogen) atoms. The molecule has 0 saturated carbocycles. The zero-order chi connectivity index (χ0) is 13.8. The Bertz CT molecular complexity index is 547. The highest BCUT2D eigenvalue weighted by molar-refractivity contribution is 5.68. The van der Waals surface area contributed by atoms with Crippen LogP contribution in [-0.2, 0) is 6.42 Å². The van der Waals surface area contributed by atoms with Crippen LogP contribution in [0.25, 0.3) is 11.3 Å². The van der Waals surface area contributed by atoms with E-state index in [0.29, 0.717) is 0 Å². The van der Waals surface area contributed by atoms with Gasteiger partial charge in [0.1, 0.15) is 0 Å². The second kappa shape index (κ2) is 6.01. The molecular weight excluding hydrogens is 230 g/mol. The molecule has 0 N–H and O–H groups in total. The van der Waals surface area contributed by atoms with Gasteiger partial charge in [0.05, 0.1) is 5.69 Å². The van der Waals surface area contributed by atoms with Crippen molar-refractivity contribution in [3.63, 3.8) is 0 Å². The topological polar surface area (TPSA) is 12.9 Å². The SMILES string of the molecule is CCCCc1cccc(-c2c(C)cc(C)cc2C)n1. The van der Waals surface area contributed by atoms with E-state index in [-0.39, 0.29) is 0 Å². The number of nitrogens with zero attached hydrogens (tertiary/aromatic N) is 1. The van der Waals surface area contributed by atoms with Crippen molar-refractivity contribution in [1.29, 1.82) is 0 Å². The van der Waals surface area contributed by atoms with Gasteiger partial charge in [0.15, 0.2) is 0 Å². The van der Waals surface area contributed by atoms with Gasteiger partial charge in [0.2, 0.25) is 0 Å². The molecule has 2 rings (SSSR count). The van der Waals surface area contributed by atoms with E-state index in [2.05, 4.69) is 58.0 Å². The van der Waals surface area contributed by atoms with Crippen LogP contribution in [0.3, 0.4) is 0 Å². The van der Waals surface area contributed by atoms with Crippen LogP contribution in [0.15, 0.2) is 30.3 Å². The normalized spacial score (nSPS) is 10.7. The maximum atomic E-state index is 4.83. The molecule has 1 nitrogen and oxygen atoms in total. The first-order chi connectivity index (χ1) is 9.11. The van der Waals surface area contributed by atoms with Crippen LogP contribution in [0.4, 0.5) is 0 Å². The first-order valence-electron chi connectivity index (χ1n) is 7.16. The highest BCUT2D eigenvalue weighted by Gasteiger charge is 2.08. The summed E-state index contributed by atoms with van der Waals surface area (Å²) in [5.41, 5.74) is 7.57. The van der Waals surface area contributed by atoms with Gasteiger partial charge in [-0.1, -0.05) is 37.1 Å². The summed E-state index contributed by atoms with van der Waals surface area (Å²) >= 11 is 0. The Morgan fingerprint density at radius 2 is 1.68 bits per heavy atom. The Hall–Kier alpha value is -1.63. The van der Waals surface area contributed by atoms with Crippen molar-refractivity contribution in [1.82, 2.24) is 4.98 Å². The molecule has 0 spiro atoms. The molecule has 0 aliphatic rings. The Morgan fingerprint density at radius 1 is 1.00 bits per heavy atom. The highest BCUT2D eigenvalue weighted by Crippen LogP contribution is 2.27. The molecule has 0 aliphatic heterocycles. The molecule has 2 aromatic rings. The van der Waals surface area contributed by atoms with Crippen LogP contribution < -0.4 is 0 Å². The van der Waals surface area contributed by atoms with Gasteiger partial charge >= 0.3 is 0 Å². The fourth-order valence-corrected chi connectivity index (χ4v) is 2.70. The van der Waals surface area contributed by atoms with Gasteiger partial charge in [-0.15, -0.1) is 0 Å². The standard InChI is InChI=1S/C18H23N/c1-5-6-8-16-9-7-10-17(19-16)18-14(3)11-13(2)12-15(18)4/h7,9-12H,5-6,8H2,1-4H3. The van der Waals surface area contributed by atoms with Crippen molar-refractivity contribution in [3.05, 3.63) is 52.7 Å². The van der Waals surface area contributed by atoms with Crippen molar-refractivity contribution in [2.75, 3.05) is 0 Å². The van der Waals surface area contributed by atoms with Crippen LogP contribution in [0, 0.1) is 20.8 Å². The van der Waals surface area contributed by atoms with Gasteiger partial charge in [-0.2, -0.15) is 0 Å². The third-order valence-electron chi connectivity index (χ3n) is 3.53. The predicted molar refractivity (Wildman–Crippen MR) is 82.5 cm³/mol. The van der Waals surface area contributed by atoms with Crippen molar-refractivity contribution in [3.8, 4) is 11.3 Å². The Balaban J connectivity index is 2.42. The molecule has 0 saturated heterocycles. The molecule has 1 heteroatoms. The van der Waals surface area contributed by atoms with Gasteiger partial charge in [0.25, 0.3) is 0 Å². The maximum absolute atomic E-state index is 4.83. The summed E-state index contributed by atoms with van der Waals surface area (Å²) in [5.74, 6) is 0. The molecule has 1 heterocycles. The molecule has 100 valence electrons. The first-order valence-corrected chi connectivity index (χ1v) is 7.16. The second-order valence-electron chi connectivity index (χ2n) is 5.39. The molecule has 0 fully saturated rings. The van der Waals surface area contributed by atoms with Gasteiger partial charge in [-0.05, 0) is 56.9 Å². The van der Waals surface area contributed by atoms with E-state index in [4.69, 9.17) is 4.98 Å². The van der Waals surface area contributed by atoms with Gasteiger partial charge in [0, 0.05) is 11.3 Å². The lowest BCUT2D eigenvalue weighted by Crippen LogP contribution is -1.96. The maximum Gasteiger partial charge on any atom is 0.0710 e. The quantitative estimate of drug-likeness (QED) is 0.745. The second-order valence-corrected chi connectivity index (χ2v) is 5.39. The van der Waals surface area contributed by atoms with Crippen molar-refractivity contribution < 1.29 is 0 Å². The molecule has 0 amide bonds. The van der Waals surface area contributed by atoms with E-state index in [0.717, 1.165) is 12.1 Å². The van der Waals surface area contributed by atoms with Gasteiger partial charge in [-0.25, -0.2) is 0 Å². The minimum atomic E-state index is 1.08. The highest BCUT2D eigenvalue weighted by atomic mass is 14.7. The monoisotopic (exact) mass is 253 g/mol. The third-order valence-corrected chi connectivity index (χ3v) is 3.53. The summed E-state index contributed by atoms with van der Waals surface area (Å²) in [6.07, 6.45) is 3.51. The van der Waals surface area contributed by atoms with Crippen LogP contribution in [0.5, 0.6) is 0 Å². The fourth-order valence-electron chi connectivity index (χ4n) is 2.70. The first kappa shape index (κ1) is 13.8. The number of hydrogen-bond donors (Lipinski definition) is 0. The largest absolute Gasteiger partial charge is 0.253 e. The summed E-state index contributed by atoms with van der Waals surface area (Å²) < 4.78 is 0. The Labute approximate surface area is 116 Å². The average Bonchev–Trinajstić information content (AvgIpc) is 2.35. The number of pyridine rings is 1. The number of hydrogen-bond acceptors (Lipinski definition) is 1. The number of rotatable bonds is 4. The molecule has 1 aromatic heterocycles. The summed E-state index contributed by atoms with van der Waals surface area (Å²) in [5, 5.41) is 0. The van der Waals surface area contributed by atoms with E-state index in [1.54, 1.807) is 0 Å². The third kappa shape index (κ3) is 3.23. The molecule has 0 radical (unpaired) electrons. The lowest BCUT2D eigenvalue weighted by molar-refractivity contribution is 0.777. The lowest BCUT2D eigenvalue weighted by Gasteiger charge is -2.12. The molecule has 0 bridgehead atoms. The van der Waals surface area contributed by atoms with Crippen molar-refractivity contribution in [2.45, 2.75) is 47.0 Å². The van der Waals surface area contributed by atoms with Crippen LogP contribution in [0.1, 0.15) is 42.1 Å². The fraction of sp³-hybridized carbons (Fsp3) is 0.389. The van der Waals surface area contributed by atoms with Crippen molar-refractivity contribution in [2.24, 2.45) is 0 Å². The molecular formula is C18H23N. The predicted octanol–water partition coefficient (Wildman–Crippen LogP) is 5.02. The molecule has 1 aromatic carbocycles. The number of aryl methyl sites for hydroxylation is 4. The number of benzene rings is 1. The lowest BCUT2D eigenvalue weighted by atomic mass is 9.97. The number of unbranched alkanes of at least 4 members (excludes halogenated alkanes) is 1. The minimum absolute atomic E-state index is 1.08. The van der Waals surface area contributed by atoms with Gasteiger partial charge in [-0.3, -0.25) is 4.98 Å². The van der Waals surface area contributed by atoms with E-state index in [1.165, 1.54) is 40.8 Å². The number of aromatic nitrogens is 1. The van der Waals surface area contributed by atoms with Crippen molar-refractivity contribution >= 4 is 0 Å². The van der Waals surface area contributed by atoms with E-state index >= 15 is 0 Å². The summed E-state index contributed by atoms with van der Waals surface area (Å²) in [4.78, 5) is 4.83. The molecule has 0 aliphatic carbocycles. The van der Waals surface area contributed by atoms with Gasteiger partial charge < -0.3 is 0 Å². The smallest absolute Gasteiger partial charge is 0.0710 e. The average molecular weight is 253 g/mol. The van der Waals surface area contributed by atoms with E-state index in [9.17, 15) is 0 Å². The summed E-state index contributed by atoms with van der Waals surface area (Å²) in [7, 11) is 0. The molecule has 0 unspecified atom stereocenters. The Kier molecular flexibility index (Phi) is 4.36. The minimum Gasteiger partial charge on any atom is -0.253 e. The Morgan fingerprint density at radius 3 is 2.32 bits per heavy atom. The summed E-state index contributed by atoms with van der Waals surface area (Å²) in [6.45, 7) is 8.72. The molecule has 0 atom stereocenters. The summed E-state index contributed by atoms with van der Waals surface area (Å²) in [6, 6.07) is 10.9. The van der Waals surface area contributed by atoms with Crippen LogP contribution in [-0.4, -0.2) is 4.98 Å².